The Morgan fingerprint density at radius 3 is 2.50 bits per heavy atom. The molecule has 2 rings (SSSR count). The second kappa shape index (κ2) is 4.90. The van der Waals surface area contributed by atoms with Crippen LogP contribution in [-0.4, -0.2) is 48.1 Å². The third kappa shape index (κ3) is 2.24. The average molecular weight is 270 g/mol. The minimum atomic E-state index is 0.235. The molecule has 6 heteroatoms. The molecule has 0 unspecified atom stereocenters. The second-order valence-electron chi connectivity index (χ2n) is 5.23. The first kappa shape index (κ1) is 13.4. The van der Waals surface area contributed by atoms with E-state index in [0.29, 0.717) is 16.7 Å². The van der Waals surface area contributed by atoms with Gasteiger partial charge < -0.3 is 15.5 Å². The van der Waals surface area contributed by atoms with Crippen molar-refractivity contribution in [2.24, 2.45) is 0 Å². The fourth-order valence-electron chi connectivity index (χ4n) is 2.52. The zero-order valence-corrected chi connectivity index (χ0v) is 11.9. The lowest BCUT2D eigenvalue weighted by molar-refractivity contribution is 0.0682. The number of aromatic nitrogens is 2. The van der Waals surface area contributed by atoms with Crippen LogP contribution < -0.4 is 10.6 Å². The third-order valence-electron chi connectivity index (χ3n) is 3.94. The van der Waals surface area contributed by atoms with E-state index in [9.17, 15) is 0 Å². The van der Waals surface area contributed by atoms with E-state index in [0.717, 1.165) is 6.54 Å². The second-order valence-corrected chi connectivity index (χ2v) is 5.59. The van der Waals surface area contributed by atoms with Crippen LogP contribution in [0.25, 0.3) is 0 Å². The zero-order valence-electron chi connectivity index (χ0n) is 11.1. The molecular formula is C12H20ClN5. The van der Waals surface area contributed by atoms with E-state index in [1.54, 1.807) is 0 Å². The maximum absolute atomic E-state index is 5.93. The SMILES string of the molecule is CN(CC1(N(C)C)CCC1)c1ncnc(Cl)c1N. The number of hydrogen-bond donors (Lipinski definition) is 1. The number of likely N-dealkylation sites (N-methyl/N-ethyl adjacent to an activating group) is 2. The van der Waals surface area contributed by atoms with E-state index < -0.39 is 0 Å². The van der Waals surface area contributed by atoms with Crippen molar-refractivity contribution in [3.05, 3.63) is 11.5 Å². The van der Waals surface area contributed by atoms with Crippen LogP contribution in [0.3, 0.4) is 0 Å². The lowest BCUT2D eigenvalue weighted by Crippen LogP contribution is -2.57. The molecule has 1 saturated carbocycles. The molecule has 1 heterocycles. The lowest BCUT2D eigenvalue weighted by atomic mass is 9.75. The van der Waals surface area contributed by atoms with Crippen molar-refractivity contribution in [1.82, 2.24) is 14.9 Å². The highest BCUT2D eigenvalue weighted by atomic mass is 35.5. The van der Waals surface area contributed by atoms with Crippen LogP contribution in [0.5, 0.6) is 0 Å². The van der Waals surface area contributed by atoms with Crippen molar-refractivity contribution in [3.63, 3.8) is 0 Å². The normalized spacial score (nSPS) is 17.6. The largest absolute Gasteiger partial charge is 0.393 e. The molecule has 1 aromatic rings. The van der Waals surface area contributed by atoms with Gasteiger partial charge in [-0.3, -0.25) is 0 Å². The van der Waals surface area contributed by atoms with Crippen LogP contribution >= 0.6 is 11.6 Å². The molecule has 0 atom stereocenters. The predicted octanol–water partition coefficient (Wildman–Crippen LogP) is 1.63. The molecule has 1 fully saturated rings. The van der Waals surface area contributed by atoms with Crippen LogP contribution in [0.1, 0.15) is 19.3 Å². The van der Waals surface area contributed by atoms with Crippen LogP contribution in [0.2, 0.25) is 5.15 Å². The Bertz CT molecular complexity index is 430. The number of halogens is 1. The standard InChI is InChI=1S/C12H20ClN5/c1-17(2)12(5-4-6-12)7-18(3)11-9(14)10(13)15-8-16-11/h8H,4-7,14H2,1-3H3. The fraction of sp³-hybridized carbons (Fsp3) is 0.667. The van der Waals surface area contributed by atoms with Gasteiger partial charge >= 0.3 is 0 Å². The zero-order chi connectivity index (χ0) is 13.3. The molecule has 0 aromatic carbocycles. The molecule has 0 aliphatic heterocycles. The number of rotatable bonds is 4. The summed E-state index contributed by atoms with van der Waals surface area (Å²) in [6.07, 6.45) is 5.16. The van der Waals surface area contributed by atoms with E-state index in [1.807, 2.05) is 7.05 Å². The number of hydrogen-bond acceptors (Lipinski definition) is 5. The van der Waals surface area contributed by atoms with E-state index >= 15 is 0 Å². The summed E-state index contributed by atoms with van der Waals surface area (Å²) in [6.45, 7) is 0.900. The summed E-state index contributed by atoms with van der Waals surface area (Å²) in [6, 6.07) is 0. The van der Waals surface area contributed by atoms with E-state index in [2.05, 4.69) is 33.9 Å². The van der Waals surface area contributed by atoms with E-state index in [-0.39, 0.29) is 5.54 Å². The summed E-state index contributed by atoms with van der Waals surface area (Å²) in [5.41, 5.74) is 6.61. The Balaban J connectivity index is 2.17. The molecule has 0 bridgehead atoms. The van der Waals surface area contributed by atoms with Crippen molar-refractivity contribution < 1.29 is 0 Å². The smallest absolute Gasteiger partial charge is 0.157 e. The van der Waals surface area contributed by atoms with Gasteiger partial charge in [0, 0.05) is 19.1 Å². The Labute approximate surface area is 113 Å². The summed E-state index contributed by atoms with van der Waals surface area (Å²) in [7, 11) is 6.26. The molecule has 0 spiro atoms. The maximum Gasteiger partial charge on any atom is 0.157 e. The van der Waals surface area contributed by atoms with E-state index in [1.165, 1.54) is 25.6 Å². The molecule has 1 aliphatic carbocycles. The minimum Gasteiger partial charge on any atom is -0.393 e. The molecule has 5 nitrogen and oxygen atoms in total. The summed E-state index contributed by atoms with van der Waals surface area (Å²) < 4.78 is 0. The van der Waals surface area contributed by atoms with E-state index in [4.69, 9.17) is 17.3 Å². The predicted molar refractivity (Wildman–Crippen MR) is 75.0 cm³/mol. The fourth-order valence-corrected chi connectivity index (χ4v) is 2.65. The molecule has 18 heavy (non-hydrogen) atoms. The highest BCUT2D eigenvalue weighted by molar-refractivity contribution is 6.32. The molecule has 1 aromatic heterocycles. The van der Waals surface area contributed by atoms with Gasteiger partial charge in [-0.15, -0.1) is 0 Å². The quantitative estimate of drug-likeness (QED) is 0.842. The summed E-state index contributed by atoms with van der Waals surface area (Å²) in [4.78, 5) is 12.5. The molecule has 0 radical (unpaired) electrons. The first-order valence-corrected chi connectivity index (χ1v) is 6.48. The monoisotopic (exact) mass is 269 g/mol. The van der Waals surface area contributed by atoms with Crippen LogP contribution in [0, 0.1) is 0 Å². The number of nitrogen functional groups attached to an aromatic ring is 1. The van der Waals surface area contributed by atoms with Crippen molar-refractivity contribution in [2.45, 2.75) is 24.8 Å². The van der Waals surface area contributed by atoms with Crippen molar-refractivity contribution in [3.8, 4) is 0 Å². The van der Waals surface area contributed by atoms with Gasteiger partial charge in [-0.25, -0.2) is 9.97 Å². The molecule has 0 amide bonds. The number of anilines is 2. The highest BCUT2D eigenvalue weighted by Gasteiger charge is 2.40. The lowest BCUT2D eigenvalue weighted by Gasteiger charge is -2.49. The maximum atomic E-state index is 5.93. The molecule has 1 aliphatic rings. The Morgan fingerprint density at radius 1 is 1.33 bits per heavy atom. The Morgan fingerprint density at radius 2 is 2.00 bits per heavy atom. The van der Waals surface area contributed by atoms with Gasteiger partial charge in [-0.05, 0) is 33.4 Å². The van der Waals surface area contributed by atoms with Crippen molar-refractivity contribution >= 4 is 23.1 Å². The van der Waals surface area contributed by atoms with Crippen molar-refractivity contribution in [2.75, 3.05) is 38.3 Å². The average Bonchev–Trinajstić information content (AvgIpc) is 2.26. The van der Waals surface area contributed by atoms with Gasteiger partial charge in [0.25, 0.3) is 0 Å². The summed E-state index contributed by atoms with van der Waals surface area (Å²) in [5.74, 6) is 0.711. The molecule has 2 N–H and O–H groups in total. The first-order chi connectivity index (χ1) is 8.46. The van der Waals surface area contributed by atoms with Crippen molar-refractivity contribution in [1.29, 1.82) is 0 Å². The third-order valence-corrected chi connectivity index (χ3v) is 4.24. The van der Waals surface area contributed by atoms with Gasteiger partial charge in [0.2, 0.25) is 0 Å². The molecule has 0 saturated heterocycles. The van der Waals surface area contributed by atoms with Gasteiger partial charge in [-0.2, -0.15) is 0 Å². The molecular weight excluding hydrogens is 250 g/mol. The summed E-state index contributed by atoms with van der Waals surface area (Å²) in [5, 5.41) is 0.319. The van der Waals surface area contributed by atoms with Crippen LogP contribution in [0.4, 0.5) is 11.5 Å². The molecule has 100 valence electrons. The highest BCUT2D eigenvalue weighted by Crippen LogP contribution is 2.38. The van der Waals surface area contributed by atoms with Crippen LogP contribution in [0.15, 0.2) is 6.33 Å². The Kier molecular flexibility index (Phi) is 3.64. The van der Waals surface area contributed by atoms with Gasteiger partial charge in [-0.1, -0.05) is 11.6 Å². The van der Waals surface area contributed by atoms with Gasteiger partial charge in [0.05, 0.1) is 0 Å². The van der Waals surface area contributed by atoms with Gasteiger partial charge in [0.1, 0.15) is 12.0 Å². The number of nitrogens with zero attached hydrogens (tertiary/aromatic N) is 4. The topological polar surface area (TPSA) is 58.3 Å². The first-order valence-electron chi connectivity index (χ1n) is 6.11. The minimum absolute atomic E-state index is 0.235. The number of nitrogens with two attached hydrogens (primary N) is 1. The van der Waals surface area contributed by atoms with Crippen LogP contribution in [-0.2, 0) is 0 Å². The summed E-state index contributed by atoms with van der Waals surface area (Å²) >= 11 is 5.93. The van der Waals surface area contributed by atoms with Gasteiger partial charge in [0.15, 0.2) is 11.0 Å². The Hall–Kier alpha value is -1.07.